The van der Waals surface area contributed by atoms with Gasteiger partial charge in [-0.1, -0.05) is 0 Å². The van der Waals surface area contributed by atoms with Crippen LogP contribution < -0.4 is 15.4 Å². The molecule has 2 aromatic carbocycles. The summed E-state index contributed by atoms with van der Waals surface area (Å²) in [5.41, 5.74) is 1.92. The van der Waals surface area contributed by atoms with E-state index >= 15 is 0 Å². The molecule has 0 radical (unpaired) electrons. The average Bonchev–Trinajstić information content (AvgIpc) is 2.62. The first-order chi connectivity index (χ1) is 12.5. The van der Waals surface area contributed by atoms with Gasteiger partial charge in [0.1, 0.15) is 5.75 Å². The SMILES string of the molecule is CCOC(=O)c1ccc(NCC(=O)Nc2ccc(OC(C)C)cc2)cc1. The van der Waals surface area contributed by atoms with Crippen molar-refractivity contribution in [3.63, 3.8) is 0 Å². The van der Waals surface area contributed by atoms with Crippen molar-refractivity contribution in [3.8, 4) is 5.75 Å². The molecule has 0 heterocycles. The lowest BCUT2D eigenvalue weighted by Crippen LogP contribution is -2.21. The molecule has 2 N–H and O–H groups in total. The molecule has 0 bridgehead atoms. The number of esters is 1. The molecule has 0 atom stereocenters. The molecule has 0 spiro atoms. The van der Waals surface area contributed by atoms with Gasteiger partial charge in [-0.25, -0.2) is 4.79 Å². The molecule has 0 aliphatic heterocycles. The summed E-state index contributed by atoms with van der Waals surface area (Å²) < 4.78 is 10.5. The minimum atomic E-state index is -0.360. The maximum Gasteiger partial charge on any atom is 0.338 e. The number of carbonyl (C=O) groups is 2. The van der Waals surface area contributed by atoms with Crippen LogP contribution in [-0.2, 0) is 9.53 Å². The van der Waals surface area contributed by atoms with Gasteiger partial charge in [0.15, 0.2) is 0 Å². The van der Waals surface area contributed by atoms with Gasteiger partial charge in [-0.15, -0.1) is 0 Å². The third kappa shape index (κ3) is 6.12. The third-order valence-electron chi connectivity index (χ3n) is 3.36. The Morgan fingerprint density at radius 3 is 2.15 bits per heavy atom. The molecule has 2 aromatic rings. The Bertz CT molecular complexity index is 724. The van der Waals surface area contributed by atoms with Crippen molar-refractivity contribution in [2.45, 2.75) is 26.9 Å². The summed E-state index contributed by atoms with van der Waals surface area (Å²) >= 11 is 0. The molecule has 0 unspecified atom stereocenters. The number of amides is 1. The van der Waals surface area contributed by atoms with Crippen LogP contribution >= 0.6 is 0 Å². The van der Waals surface area contributed by atoms with Crippen LogP contribution in [0.25, 0.3) is 0 Å². The van der Waals surface area contributed by atoms with Gasteiger partial charge in [0.2, 0.25) is 5.91 Å². The Hall–Kier alpha value is -3.02. The van der Waals surface area contributed by atoms with E-state index in [0.29, 0.717) is 17.9 Å². The lowest BCUT2D eigenvalue weighted by atomic mass is 10.2. The monoisotopic (exact) mass is 356 g/mol. The predicted octanol–water partition coefficient (Wildman–Crippen LogP) is 3.70. The van der Waals surface area contributed by atoms with Gasteiger partial charge in [0.25, 0.3) is 0 Å². The van der Waals surface area contributed by atoms with E-state index in [1.165, 1.54) is 0 Å². The van der Waals surface area contributed by atoms with Crippen molar-refractivity contribution in [2.75, 3.05) is 23.8 Å². The highest BCUT2D eigenvalue weighted by Crippen LogP contribution is 2.17. The first-order valence-corrected chi connectivity index (χ1v) is 8.55. The van der Waals surface area contributed by atoms with Crippen molar-refractivity contribution >= 4 is 23.3 Å². The smallest absolute Gasteiger partial charge is 0.338 e. The second-order valence-electron chi connectivity index (χ2n) is 5.89. The van der Waals surface area contributed by atoms with Gasteiger partial charge >= 0.3 is 5.97 Å². The van der Waals surface area contributed by atoms with Gasteiger partial charge in [0.05, 0.1) is 24.8 Å². The average molecular weight is 356 g/mol. The van der Waals surface area contributed by atoms with Crippen molar-refractivity contribution in [2.24, 2.45) is 0 Å². The molecule has 1 amide bonds. The molecule has 0 aliphatic carbocycles. The van der Waals surface area contributed by atoms with E-state index in [2.05, 4.69) is 10.6 Å². The first kappa shape index (κ1) is 19.3. The Morgan fingerprint density at radius 2 is 1.58 bits per heavy atom. The molecule has 6 nitrogen and oxygen atoms in total. The van der Waals surface area contributed by atoms with Crippen LogP contribution in [0.2, 0.25) is 0 Å². The molecule has 0 aromatic heterocycles. The fourth-order valence-corrected chi connectivity index (χ4v) is 2.22. The molecule has 6 heteroatoms. The van der Waals surface area contributed by atoms with Crippen LogP contribution in [0, 0.1) is 0 Å². The fraction of sp³-hybridized carbons (Fsp3) is 0.300. The van der Waals surface area contributed by atoms with Crippen LogP contribution in [0.15, 0.2) is 48.5 Å². The molecule has 0 saturated heterocycles. The van der Waals surface area contributed by atoms with E-state index in [-0.39, 0.29) is 24.5 Å². The second-order valence-corrected chi connectivity index (χ2v) is 5.89. The summed E-state index contributed by atoms with van der Waals surface area (Å²) in [7, 11) is 0. The van der Waals surface area contributed by atoms with E-state index in [9.17, 15) is 9.59 Å². The maximum absolute atomic E-state index is 12.0. The largest absolute Gasteiger partial charge is 0.491 e. The third-order valence-corrected chi connectivity index (χ3v) is 3.36. The number of carbonyl (C=O) groups excluding carboxylic acids is 2. The highest BCUT2D eigenvalue weighted by Gasteiger charge is 2.07. The summed E-state index contributed by atoms with van der Waals surface area (Å²) in [6, 6.07) is 14.0. The van der Waals surface area contributed by atoms with Gasteiger partial charge in [-0.3, -0.25) is 4.79 Å². The predicted molar refractivity (Wildman–Crippen MR) is 102 cm³/mol. The quantitative estimate of drug-likeness (QED) is 0.705. The number of rotatable bonds is 8. The van der Waals surface area contributed by atoms with Crippen molar-refractivity contribution in [3.05, 3.63) is 54.1 Å². The number of benzene rings is 2. The molecule has 0 fully saturated rings. The lowest BCUT2D eigenvalue weighted by molar-refractivity contribution is -0.114. The number of anilines is 2. The van der Waals surface area contributed by atoms with Crippen LogP contribution in [0.5, 0.6) is 5.75 Å². The number of hydrogen-bond donors (Lipinski definition) is 2. The van der Waals surface area contributed by atoms with Crippen LogP contribution in [0.1, 0.15) is 31.1 Å². The minimum absolute atomic E-state index is 0.106. The summed E-state index contributed by atoms with van der Waals surface area (Å²) in [5, 5.41) is 5.82. The van der Waals surface area contributed by atoms with Crippen LogP contribution in [0.4, 0.5) is 11.4 Å². The molecule has 26 heavy (non-hydrogen) atoms. The topological polar surface area (TPSA) is 76.7 Å². The van der Waals surface area contributed by atoms with Crippen molar-refractivity contribution < 1.29 is 19.1 Å². The zero-order chi connectivity index (χ0) is 18.9. The summed E-state index contributed by atoms with van der Waals surface area (Å²) in [5.74, 6) is 0.233. The lowest BCUT2D eigenvalue weighted by Gasteiger charge is -2.11. The molecular formula is C20H24N2O4. The Morgan fingerprint density at radius 1 is 0.962 bits per heavy atom. The van der Waals surface area contributed by atoms with Gasteiger partial charge in [-0.05, 0) is 69.3 Å². The number of hydrogen-bond acceptors (Lipinski definition) is 5. The Labute approximate surface area is 153 Å². The van der Waals surface area contributed by atoms with Gasteiger partial charge < -0.3 is 20.1 Å². The number of ether oxygens (including phenoxy) is 2. The van der Waals surface area contributed by atoms with E-state index in [1.54, 1.807) is 43.3 Å². The van der Waals surface area contributed by atoms with E-state index in [0.717, 1.165) is 11.4 Å². The standard InChI is InChI=1S/C20H24N2O4/c1-4-25-20(24)15-5-7-16(8-6-15)21-13-19(23)22-17-9-11-18(12-10-17)26-14(2)3/h5-12,14,21H,4,13H2,1-3H3,(H,22,23). The number of nitrogens with one attached hydrogen (secondary N) is 2. The van der Waals surface area contributed by atoms with E-state index in [4.69, 9.17) is 9.47 Å². The molecule has 138 valence electrons. The van der Waals surface area contributed by atoms with Gasteiger partial charge in [-0.2, -0.15) is 0 Å². The zero-order valence-electron chi connectivity index (χ0n) is 15.2. The van der Waals surface area contributed by atoms with Crippen molar-refractivity contribution in [1.82, 2.24) is 0 Å². The van der Waals surface area contributed by atoms with Crippen molar-refractivity contribution in [1.29, 1.82) is 0 Å². The molecule has 2 rings (SSSR count). The zero-order valence-corrected chi connectivity index (χ0v) is 15.2. The summed E-state index contributed by atoms with van der Waals surface area (Å²) in [6.45, 7) is 6.13. The Balaban J connectivity index is 1.82. The summed E-state index contributed by atoms with van der Waals surface area (Å²) in [4.78, 5) is 23.6. The minimum Gasteiger partial charge on any atom is -0.491 e. The van der Waals surface area contributed by atoms with Gasteiger partial charge in [0, 0.05) is 11.4 Å². The maximum atomic E-state index is 12.0. The highest BCUT2D eigenvalue weighted by molar-refractivity contribution is 5.94. The second kappa shape index (κ2) is 9.46. The highest BCUT2D eigenvalue weighted by atomic mass is 16.5. The molecule has 0 aliphatic rings. The van der Waals surface area contributed by atoms with E-state index in [1.807, 2.05) is 26.0 Å². The fourth-order valence-electron chi connectivity index (χ4n) is 2.22. The van der Waals surface area contributed by atoms with Crippen LogP contribution in [-0.4, -0.2) is 31.1 Å². The molecule has 0 saturated carbocycles. The van der Waals surface area contributed by atoms with E-state index < -0.39 is 0 Å². The van der Waals surface area contributed by atoms with Crippen LogP contribution in [0.3, 0.4) is 0 Å². The summed E-state index contributed by atoms with van der Waals surface area (Å²) in [6.07, 6.45) is 0.106. The molecular weight excluding hydrogens is 332 g/mol. The first-order valence-electron chi connectivity index (χ1n) is 8.55. The Kier molecular flexibility index (Phi) is 7.02. The normalized spacial score (nSPS) is 10.3.